The van der Waals surface area contributed by atoms with Crippen molar-refractivity contribution in [2.45, 2.75) is 58.1 Å². The SMILES string of the molecule is CC1CCCC(C)C12NC(=O)N(CC(C)(C)O)C2=O. The van der Waals surface area contributed by atoms with Crippen molar-refractivity contribution in [1.82, 2.24) is 10.2 Å². The predicted molar refractivity (Wildman–Crippen MR) is 71.5 cm³/mol. The lowest BCUT2D eigenvalue weighted by molar-refractivity contribution is -0.138. The van der Waals surface area contributed by atoms with Crippen LogP contribution in [0, 0.1) is 11.8 Å². The van der Waals surface area contributed by atoms with Crippen LogP contribution in [0.3, 0.4) is 0 Å². The molecule has 2 fully saturated rings. The first-order valence-electron chi connectivity index (χ1n) is 7.05. The van der Waals surface area contributed by atoms with E-state index in [1.54, 1.807) is 13.8 Å². The second kappa shape index (κ2) is 4.47. The number of hydrogen-bond acceptors (Lipinski definition) is 3. The van der Waals surface area contributed by atoms with E-state index in [0.29, 0.717) is 0 Å². The molecule has 1 heterocycles. The summed E-state index contributed by atoms with van der Waals surface area (Å²) >= 11 is 0. The van der Waals surface area contributed by atoms with E-state index < -0.39 is 11.1 Å². The third kappa shape index (κ3) is 2.24. The largest absolute Gasteiger partial charge is 0.389 e. The number of nitrogens with zero attached hydrogens (tertiary/aromatic N) is 1. The summed E-state index contributed by atoms with van der Waals surface area (Å²) in [5.74, 6) is 0.110. The number of amides is 3. The molecule has 2 N–H and O–H groups in total. The van der Waals surface area contributed by atoms with Crippen molar-refractivity contribution in [1.29, 1.82) is 0 Å². The zero-order valence-electron chi connectivity index (χ0n) is 12.2. The highest BCUT2D eigenvalue weighted by molar-refractivity contribution is 6.07. The van der Waals surface area contributed by atoms with Crippen LogP contribution in [0.4, 0.5) is 4.79 Å². The van der Waals surface area contributed by atoms with Gasteiger partial charge in [0.05, 0.1) is 12.1 Å². The van der Waals surface area contributed by atoms with Crippen LogP contribution in [0.1, 0.15) is 47.0 Å². The molecule has 1 aliphatic heterocycles. The molecule has 2 atom stereocenters. The van der Waals surface area contributed by atoms with E-state index in [-0.39, 0.29) is 30.3 Å². The zero-order chi connectivity index (χ0) is 14.4. The molecule has 108 valence electrons. The summed E-state index contributed by atoms with van der Waals surface area (Å²) in [7, 11) is 0. The van der Waals surface area contributed by atoms with Crippen LogP contribution in [0.5, 0.6) is 0 Å². The lowest BCUT2D eigenvalue weighted by atomic mass is 9.67. The Balaban J connectivity index is 2.30. The zero-order valence-corrected chi connectivity index (χ0v) is 12.2. The highest BCUT2D eigenvalue weighted by Crippen LogP contribution is 2.42. The first-order valence-corrected chi connectivity index (χ1v) is 7.05. The number of β-amino-alcohol motifs (C(OH)–C–C–N with tert-alkyl or cyclic N) is 1. The van der Waals surface area contributed by atoms with Crippen LogP contribution in [-0.4, -0.2) is 39.6 Å². The Morgan fingerprint density at radius 3 is 2.32 bits per heavy atom. The van der Waals surface area contributed by atoms with Crippen LogP contribution >= 0.6 is 0 Å². The number of nitrogens with one attached hydrogen (secondary N) is 1. The van der Waals surface area contributed by atoms with Crippen molar-refractivity contribution in [3.8, 4) is 0 Å². The first kappa shape index (κ1) is 14.3. The molecular weight excluding hydrogens is 244 g/mol. The van der Waals surface area contributed by atoms with Gasteiger partial charge in [0, 0.05) is 0 Å². The predicted octanol–water partition coefficient (Wildman–Crippen LogP) is 1.50. The fourth-order valence-corrected chi connectivity index (χ4v) is 3.48. The van der Waals surface area contributed by atoms with E-state index in [9.17, 15) is 14.7 Å². The Bertz CT molecular complexity index is 390. The van der Waals surface area contributed by atoms with Gasteiger partial charge in [-0.25, -0.2) is 4.79 Å². The van der Waals surface area contributed by atoms with Gasteiger partial charge in [0.2, 0.25) is 0 Å². The average Bonchev–Trinajstić information content (AvgIpc) is 2.51. The third-order valence-electron chi connectivity index (χ3n) is 4.53. The van der Waals surface area contributed by atoms with Gasteiger partial charge in [0.1, 0.15) is 5.54 Å². The van der Waals surface area contributed by atoms with Crippen molar-refractivity contribution in [3.05, 3.63) is 0 Å². The van der Waals surface area contributed by atoms with Crippen LogP contribution in [0.15, 0.2) is 0 Å². The van der Waals surface area contributed by atoms with Crippen molar-refractivity contribution < 1.29 is 14.7 Å². The van der Waals surface area contributed by atoms with Crippen LogP contribution in [0.2, 0.25) is 0 Å². The summed E-state index contributed by atoms with van der Waals surface area (Å²) in [6.45, 7) is 7.31. The molecule has 1 saturated carbocycles. The van der Waals surface area contributed by atoms with E-state index in [2.05, 4.69) is 5.32 Å². The van der Waals surface area contributed by atoms with Crippen molar-refractivity contribution in [3.63, 3.8) is 0 Å². The molecule has 5 nitrogen and oxygen atoms in total. The Hall–Kier alpha value is -1.10. The van der Waals surface area contributed by atoms with E-state index in [1.165, 1.54) is 4.90 Å². The van der Waals surface area contributed by atoms with Gasteiger partial charge in [-0.2, -0.15) is 0 Å². The Kier molecular flexibility index (Phi) is 3.37. The Morgan fingerprint density at radius 2 is 1.84 bits per heavy atom. The molecule has 19 heavy (non-hydrogen) atoms. The minimum atomic E-state index is -1.07. The number of carbonyl (C=O) groups excluding carboxylic acids is 2. The summed E-state index contributed by atoms with van der Waals surface area (Å²) in [6.07, 6.45) is 3.00. The standard InChI is InChI=1S/C14H24N2O3/c1-9-6-5-7-10(2)14(9)11(17)16(12(18)15-14)8-13(3,4)19/h9-10,19H,5-8H2,1-4H3,(H,15,18). The topological polar surface area (TPSA) is 69.6 Å². The highest BCUT2D eigenvalue weighted by Gasteiger charge is 2.58. The molecule has 0 aromatic rings. The highest BCUT2D eigenvalue weighted by atomic mass is 16.3. The molecule has 0 aromatic heterocycles. The molecule has 1 saturated heterocycles. The molecule has 3 amide bonds. The average molecular weight is 268 g/mol. The number of carbonyl (C=O) groups is 2. The fourth-order valence-electron chi connectivity index (χ4n) is 3.48. The maximum Gasteiger partial charge on any atom is 0.325 e. The van der Waals surface area contributed by atoms with Gasteiger partial charge in [-0.15, -0.1) is 0 Å². The van der Waals surface area contributed by atoms with E-state index in [1.807, 2.05) is 13.8 Å². The monoisotopic (exact) mass is 268 g/mol. The van der Waals surface area contributed by atoms with Gasteiger partial charge in [0.15, 0.2) is 0 Å². The number of urea groups is 1. The number of imide groups is 1. The molecule has 2 unspecified atom stereocenters. The molecule has 1 spiro atoms. The Labute approximate surface area is 114 Å². The normalized spacial score (nSPS) is 35.9. The fraction of sp³-hybridized carbons (Fsp3) is 0.857. The molecule has 1 aliphatic carbocycles. The summed E-state index contributed by atoms with van der Waals surface area (Å²) in [5.41, 5.74) is -1.83. The summed E-state index contributed by atoms with van der Waals surface area (Å²) in [6, 6.07) is -0.368. The van der Waals surface area contributed by atoms with Gasteiger partial charge in [-0.1, -0.05) is 20.3 Å². The smallest absolute Gasteiger partial charge is 0.325 e. The molecule has 0 aromatic carbocycles. The van der Waals surface area contributed by atoms with Crippen molar-refractivity contribution in [2.24, 2.45) is 11.8 Å². The van der Waals surface area contributed by atoms with E-state index in [0.717, 1.165) is 19.3 Å². The minimum Gasteiger partial charge on any atom is -0.389 e. The molecule has 0 bridgehead atoms. The second-order valence-electron chi connectivity index (χ2n) is 6.74. The van der Waals surface area contributed by atoms with E-state index in [4.69, 9.17) is 0 Å². The second-order valence-corrected chi connectivity index (χ2v) is 6.74. The molecule has 0 radical (unpaired) electrons. The van der Waals surface area contributed by atoms with Crippen molar-refractivity contribution in [2.75, 3.05) is 6.54 Å². The van der Waals surface area contributed by atoms with E-state index >= 15 is 0 Å². The van der Waals surface area contributed by atoms with Crippen molar-refractivity contribution >= 4 is 11.9 Å². The van der Waals surface area contributed by atoms with Gasteiger partial charge in [-0.05, 0) is 38.5 Å². The summed E-state index contributed by atoms with van der Waals surface area (Å²) < 4.78 is 0. The quantitative estimate of drug-likeness (QED) is 0.746. The maximum atomic E-state index is 12.7. The third-order valence-corrected chi connectivity index (χ3v) is 4.53. The lowest BCUT2D eigenvalue weighted by Crippen LogP contribution is -2.59. The van der Waals surface area contributed by atoms with Gasteiger partial charge >= 0.3 is 6.03 Å². The van der Waals surface area contributed by atoms with Gasteiger partial charge in [0.25, 0.3) is 5.91 Å². The molecular formula is C14H24N2O3. The molecule has 5 heteroatoms. The number of rotatable bonds is 2. The van der Waals surface area contributed by atoms with Crippen LogP contribution in [0.25, 0.3) is 0 Å². The molecule has 2 rings (SSSR count). The summed E-state index contributed by atoms with van der Waals surface area (Å²) in [4.78, 5) is 26.0. The Morgan fingerprint density at radius 1 is 1.32 bits per heavy atom. The maximum absolute atomic E-state index is 12.7. The molecule has 2 aliphatic rings. The van der Waals surface area contributed by atoms with Crippen LogP contribution in [-0.2, 0) is 4.79 Å². The lowest BCUT2D eigenvalue weighted by Gasteiger charge is -2.42. The first-order chi connectivity index (χ1) is 8.68. The summed E-state index contributed by atoms with van der Waals surface area (Å²) in [5, 5.41) is 12.8. The number of hydrogen-bond donors (Lipinski definition) is 2. The van der Waals surface area contributed by atoms with Gasteiger partial charge < -0.3 is 10.4 Å². The van der Waals surface area contributed by atoms with Gasteiger partial charge in [-0.3, -0.25) is 9.69 Å². The number of aliphatic hydroxyl groups is 1. The van der Waals surface area contributed by atoms with Crippen LogP contribution < -0.4 is 5.32 Å². The minimum absolute atomic E-state index is 0.0405.